The zero-order valence-corrected chi connectivity index (χ0v) is 19.2. The molecule has 2 aromatic heterocycles. The minimum absolute atomic E-state index is 0.0305. The van der Waals surface area contributed by atoms with Gasteiger partial charge in [0.25, 0.3) is 5.91 Å². The highest BCUT2D eigenvalue weighted by molar-refractivity contribution is 9.10. The largest absolute Gasteiger partial charge is 0.355 e. The number of rotatable bonds is 8. The van der Waals surface area contributed by atoms with Crippen LogP contribution in [0.3, 0.4) is 0 Å². The Morgan fingerprint density at radius 1 is 0.971 bits per heavy atom. The third kappa shape index (κ3) is 5.33. The highest BCUT2D eigenvalue weighted by atomic mass is 79.9. The molecule has 0 aliphatic carbocycles. The molecule has 0 unspecified atom stereocenters. The molecule has 0 aliphatic heterocycles. The van der Waals surface area contributed by atoms with Gasteiger partial charge in [-0.25, -0.2) is 15.0 Å². The minimum Gasteiger partial charge on any atom is -0.301 e. The summed E-state index contributed by atoms with van der Waals surface area (Å²) in [6.45, 7) is 0.278. The molecule has 0 saturated carbocycles. The highest BCUT2D eigenvalue weighted by Crippen LogP contribution is 2.35. The Bertz CT molecular complexity index is 1290. The molecule has 0 spiro atoms. The summed E-state index contributed by atoms with van der Waals surface area (Å²) >= 11 is 3.31. The van der Waals surface area contributed by atoms with Gasteiger partial charge in [-0.15, -0.1) is 0 Å². The molecule has 1 amide bonds. The van der Waals surface area contributed by atoms with Gasteiger partial charge >= 0.3 is 5.69 Å². The quantitative estimate of drug-likeness (QED) is 0.254. The molecular formula is C23H18BrN7O3. The molecule has 0 aliphatic rings. The van der Waals surface area contributed by atoms with Crippen LogP contribution in [-0.2, 0) is 6.54 Å². The number of halogens is 1. The van der Waals surface area contributed by atoms with Gasteiger partial charge in [0.05, 0.1) is 11.5 Å². The number of hydrogen-bond acceptors (Lipinski definition) is 8. The Morgan fingerprint density at radius 2 is 1.71 bits per heavy atom. The van der Waals surface area contributed by atoms with E-state index in [0.717, 1.165) is 10.0 Å². The number of aromatic nitrogens is 3. The van der Waals surface area contributed by atoms with E-state index in [1.165, 1.54) is 6.33 Å². The van der Waals surface area contributed by atoms with Gasteiger partial charge in [-0.2, -0.15) is 0 Å². The molecule has 0 saturated heterocycles. The van der Waals surface area contributed by atoms with Crippen LogP contribution >= 0.6 is 15.9 Å². The number of carbonyl (C=O) groups is 1. The fourth-order valence-electron chi connectivity index (χ4n) is 3.16. The topological polar surface area (TPSA) is 126 Å². The van der Waals surface area contributed by atoms with Crippen LogP contribution in [0.15, 0.2) is 89.8 Å². The SMILES string of the molecule is O=C(NNc1ncnc(N(Cc2ccccc2)c2ccccn2)c1[N+](=O)[O-])c1ccc(Br)cc1. The molecule has 4 rings (SSSR count). The lowest BCUT2D eigenvalue weighted by molar-refractivity contribution is -0.383. The fourth-order valence-corrected chi connectivity index (χ4v) is 3.42. The number of nitrogens with zero attached hydrogens (tertiary/aromatic N) is 5. The molecule has 0 bridgehead atoms. The first kappa shape index (κ1) is 22.8. The molecule has 2 N–H and O–H groups in total. The molecule has 34 heavy (non-hydrogen) atoms. The van der Waals surface area contributed by atoms with E-state index in [9.17, 15) is 14.9 Å². The smallest absolute Gasteiger partial charge is 0.301 e. The predicted octanol–water partition coefficient (Wildman–Crippen LogP) is 4.64. The third-order valence-electron chi connectivity index (χ3n) is 4.75. The number of hydrazine groups is 1. The molecule has 4 aromatic rings. The number of amides is 1. The van der Waals surface area contributed by atoms with E-state index in [1.807, 2.05) is 30.3 Å². The lowest BCUT2D eigenvalue weighted by Crippen LogP contribution is -2.30. The third-order valence-corrected chi connectivity index (χ3v) is 5.28. The fraction of sp³-hybridized carbons (Fsp3) is 0.0435. The second-order valence-corrected chi connectivity index (χ2v) is 7.91. The molecule has 11 heteroatoms. The van der Waals surface area contributed by atoms with Gasteiger partial charge in [-0.05, 0) is 42.0 Å². The van der Waals surface area contributed by atoms with E-state index in [-0.39, 0.29) is 18.2 Å². The van der Waals surface area contributed by atoms with Crippen LogP contribution in [0.1, 0.15) is 15.9 Å². The van der Waals surface area contributed by atoms with Crippen molar-refractivity contribution in [3.63, 3.8) is 0 Å². The first-order chi connectivity index (χ1) is 16.5. The van der Waals surface area contributed by atoms with Crippen LogP contribution in [0.25, 0.3) is 0 Å². The van der Waals surface area contributed by atoms with Crippen molar-refractivity contribution in [2.75, 3.05) is 10.3 Å². The molecule has 2 aromatic carbocycles. The summed E-state index contributed by atoms with van der Waals surface area (Å²) in [6, 6.07) is 21.4. The number of benzene rings is 2. The van der Waals surface area contributed by atoms with Gasteiger partial charge in [0.2, 0.25) is 11.6 Å². The number of pyridine rings is 1. The van der Waals surface area contributed by atoms with Crippen LogP contribution in [-0.4, -0.2) is 25.8 Å². The zero-order chi connectivity index (χ0) is 23.9. The summed E-state index contributed by atoms with van der Waals surface area (Å²) in [5, 5.41) is 12.1. The Kier molecular flexibility index (Phi) is 7.04. The molecule has 0 fully saturated rings. The van der Waals surface area contributed by atoms with Crippen LogP contribution in [0, 0.1) is 10.1 Å². The Hall–Kier alpha value is -4.38. The first-order valence-corrected chi connectivity index (χ1v) is 10.9. The maximum absolute atomic E-state index is 12.5. The van der Waals surface area contributed by atoms with E-state index in [4.69, 9.17) is 0 Å². The summed E-state index contributed by atoms with van der Waals surface area (Å²) in [6.07, 6.45) is 2.79. The van der Waals surface area contributed by atoms with Crippen LogP contribution < -0.4 is 15.8 Å². The second-order valence-electron chi connectivity index (χ2n) is 7.00. The van der Waals surface area contributed by atoms with Gasteiger partial charge < -0.3 is 4.90 Å². The van der Waals surface area contributed by atoms with Gasteiger partial charge in [0.1, 0.15) is 12.1 Å². The maximum Gasteiger partial charge on any atom is 0.355 e. The van der Waals surface area contributed by atoms with Crippen molar-refractivity contribution in [1.82, 2.24) is 20.4 Å². The normalized spacial score (nSPS) is 10.4. The van der Waals surface area contributed by atoms with E-state index in [2.05, 4.69) is 41.7 Å². The van der Waals surface area contributed by atoms with Crippen molar-refractivity contribution in [1.29, 1.82) is 0 Å². The number of nitro groups is 1. The lowest BCUT2D eigenvalue weighted by Gasteiger charge is -2.23. The summed E-state index contributed by atoms with van der Waals surface area (Å²) in [4.78, 5) is 38.1. The summed E-state index contributed by atoms with van der Waals surface area (Å²) in [5.41, 5.74) is 5.89. The first-order valence-electron chi connectivity index (χ1n) is 10.1. The molecule has 2 heterocycles. The van der Waals surface area contributed by atoms with Crippen molar-refractivity contribution < 1.29 is 9.72 Å². The summed E-state index contributed by atoms with van der Waals surface area (Å²) in [5.74, 6) is -0.136. The average molecular weight is 520 g/mol. The minimum atomic E-state index is -0.593. The molecule has 0 radical (unpaired) electrons. The summed E-state index contributed by atoms with van der Waals surface area (Å²) < 4.78 is 0.820. The standard InChI is InChI=1S/C23H18BrN7O3/c24-18-11-9-17(10-12-18)23(32)29-28-21-20(31(33)34)22(27-15-26-21)30(19-8-4-5-13-25-19)14-16-6-2-1-3-7-16/h1-13,15H,14H2,(H,29,32)(H,26,27,28). The van der Waals surface area contributed by atoms with Gasteiger partial charge in [-0.1, -0.05) is 52.3 Å². The number of carbonyl (C=O) groups excluding carboxylic acids is 1. The van der Waals surface area contributed by atoms with Crippen LogP contribution in [0.4, 0.5) is 23.1 Å². The van der Waals surface area contributed by atoms with Crippen molar-refractivity contribution in [3.05, 3.63) is 111 Å². The lowest BCUT2D eigenvalue weighted by atomic mass is 10.2. The molecule has 170 valence electrons. The Balaban J connectivity index is 1.68. The maximum atomic E-state index is 12.5. The van der Waals surface area contributed by atoms with Crippen molar-refractivity contribution >= 4 is 45.0 Å². The molecular weight excluding hydrogens is 502 g/mol. The van der Waals surface area contributed by atoms with E-state index in [0.29, 0.717) is 11.4 Å². The van der Waals surface area contributed by atoms with Gasteiger partial charge in [0.15, 0.2) is 0 Å². The second kappa shape index (κ2) is 10.5. The monoisotopic (exact) mass is 519 g/mol. The molecule has 0 atom stereocenters. The van der Waals surface area contributed by atoms with Crippen LogP contribution in [0.5, 0.6) is 0 Å². The van der Waals surface area contributed by atoms with Gasteiger partial charge in [-0.3, -0.25) is 25.8 Å². The Labute approximate surface area is 203 Å². The average Bonchev–Trinajstić information content (AvgIpc) is 2.87. The number of anilines is 3. The zero-order valence-electron chi connectivity index (χ0n) is 17.6. The molecule has 10 nitrogen and oxygen atoms in total. The van der Waals surface area contributed by atoms with Crippen LogP contribution in [0.2, 0.25) is 0 Å². The number of hydrogen-bond donors (Lipinski definition) is 2. The highest BCUT2D eigenvalue weighted by Gasteiger charge is 2.29. The van der Waals surface area contributed by atoms with Gasteiger partial charge in [0, 0.05) is 16.2 Å². The summed E-state index contributed by atoms with van der Waals surface area (Å²) in [7, 11) is 0. The predicted molar refractivity (Wildman–Crippen MR) is 130 cm³/mol. The van der Waals surface area contributed by atoms with E-state index < -0.39 is 16.5 Å². The van der Waals surface area contributed by atoms with Crippen molar-refractivity contribution in [2.24, 2.45) is 0 Å². The van der Waals surface area contributed by atoms with Crippen molar-refractivity contribution in [3.8, 4) is 0 Å². The van der Waals surface area contributed by atoms with E-state index >= 15 is 0 Å². The van der Waals surface area contributed by atoms with Crippen molar-refractivity contribution in [2.45, 2.75) is 6.54 Å². The van der Waals surface area contributed by atoms with E-state index in [1.54, 1.807) is 53.6 Å². The number of nitrogens with one attached hydrogen (secondary N) is 2. The Morgan fingerprint density at radius 3 is 2.38 bits per heavy atom.